The van der Waals surface area contributed by atoms with Crippen LogP contribution >= 0.6 is 0 Å². The van der Waals surface area contributed by atoms with Gasteiger partial charge in [0.1, 0.15) is 0 Å². The summed E-state index contributed by atoms with van der Waals surface area (Å²) >= 11 is 0. The van der Waals surface area contributed by atoms with Gasteiger partial charge in [-0.05, 0) is 48.4 Å². The van der Waals surface area contributed by atoms with Crippen molar-refractivity contribution in [2.75, 3.05) is 5.32 Å². The number of hydrogen-bond donors (Lipinski definition) is 1. The lowest BCUT2D eigenvalue weighted by atomic mass is 9.99. The Balaban J connectivity index is 1.56. The summed E-state index contributed by atoms with van der Waals surface area (Å²) in [5.41, 5.74) is 3.07. The number of alkyl halides is 2. The lowest BCUT2D eigenvalue weighted by Gasteiger charge is -2.15. The lowest BCUT2D eigenvalue weighted by molar-refractivity contribution is -0.118. The number of carbonyl (C=O) groups excluding carboxylic acids is 1. The maximum Gasteiger partial charge on any atom is 0.267 e. The Kier molecular flexibility index (Phi) is 3.29. The van der Waals surface area contributed by atoms with Crippen LogP contribution in [0.3, 0.4) is 0 Å². The van der Waals surface area contributed by atoms with Gasteiger partial charge in [0.2, 0.25) is 5.91 Å². The fourth-order valence-electron chi connectivity index (χ4n) is 3.80. The number of aromatic nitrogens is 2. The van der Waals surface area contributed by atoms with E-state index in [9.17, 15) is 13.6 Å². The van der Waals surface area contributed by atoms with Gasteiger partial charge in [-0.1, -0.05) is 13.0 Å². The van der Waals surface area contributed by atoms with Crippen LogP contribution in [-0.2, 0) is 4.79 Å². The summed E-state index contributed by atoms with van der Waals surface area (Å²) in [5.74, 6) is -3.49. The summed E-state index contributed by atoms with van der Waals surface area (Å²) in [6.45, 7) is 3.68. The van der Waals surface area contributed by atoms with Crippen molar-refractivity contribution < 1.29 is 13.6 Å². The van der Waals surface area contributed by atoms with E-state index in [-0.39, 0.29) is 12.3 Å². The van der Waals surface area contributed by atoms with Crippen LogP contribution in [0.5, 0.6) is 0 Å². The number of benzene rings is 1. The smallest absolute Gasteiger partial charge is 0.267 e. The van der Waals surface area contributed by atoms with Crippen LogP contribution in [0.1, 0.15) is 18.9 Å². The molecule has 2 atom stereocenters. The Labute approximate surface area is 144 Å². The number of nitrogens with zero attached hydrogens (tertiary/aromatic N) is 2. The van der Waals surface area contributed by atoms with E-state index < -0.39 is 17.3 Å². The van der Waals surface area contributed by atoms with Crippen molar-refractivity contribution in [2.45, 2.75) is 26.2 Å². The number of fused-ring (bicyclic) bond motifs is 1. The molecule has 4 nitrogen and oxygen atoms in total. The molecule has 0 unspecified atom stereocenters. The van der Waals surface area contributed by atoms with Gasteiger partial charge in [-0.2, -0.15) is 10.2 Å². The number of anilines is 1. The third-order valence-electron chi connectivity index (χ3n) is 5.11. The van der Waals surface area contributed by atoms with E-state index in [1.165, 1.54) is 0 Å². The summed E-state index contributed by atoms with van der Waals surface area (Å²) in [4.78, 5) is 12.5. The topological polar surface area (TPSA) is 54.9 Å². The van der Waals surface area contributed by atoms with Crippen molar-refractivity contribution >= 4 is 11.6 Å². The quantitative estimate of drug-likeness (QED) is 0.859. The third kappa shape index (κ3) is 2.62. The monoisotopic (exact) mass is 341 g/mol. The van der Waals surface area contributed by atoms with Crippen LogP contribution in [-0.4, -0.2) is 22.0 Å². The molecule has 4 rings (SSSR count). The zero-order valence-corrected chi connectivity index (χ0v) is 13.9. The van der Waals surface area contributed by atoms with Crippen LogP contribution < -0.4 is 5.32 Å². The van der Waals surface area contributed by atoms with Gasteiger partial charge in [0.25, 0.3) is 5.92 Å². The molecule has 1 amide bonds. The van der Waals surface area contributed by atoms with E-state index in [2.05, 4.69) is 15.5 Å². The van der Waals surface area contributed by atoms with Crippen LogP contribution in [0.4, 0.5) is 14.5 Å². The highest BCUT2D eigenvalue weighted by atomic mass is 19.3. The zero-order chi connectivity index (χ0) is 17.8. The highest BCUT2D eigenvalue weighted by Gasteiger charge is 2.68. The van der Waals surface area contributed by atoms with Gasteiger partial charge in [0, 0.05) is 29.3 Å². The summed E-state index contributed by atoms with van der Waals surface area (Å²) in [7, 11) is 0. The van der Waals surface area contributed by atoms with Crippen molar-refractivity contribution in [3.63, 3.8) is 0 Å². The molecular formula is C19H17F2N3O. The van der Waals surface area contributed by atoms with Crippen molar-refractivity contribution in [2.24, 2.45) is 11.3 Å². The molecule has 2 aliphatic rings. The van der Waals surface area contributed by atoms with E-state index in [0.29, 0.717) is 17.0 Å². The molecule has 0 saturated heterocycles. The average Bonchev–Trinajstić information content (AvgIpc) is 3.00. The summed E-state index contributed by atoms with van der Waals surface area (Å²) < 4.78 is 26.8. The van der Waals surface area contributed by atoms with Crippen LogP contribution in [0.2, 0.25) is 0 Å². The highest BCUT2D eigenvalue weighted by molar-refractivity contribution is 6.00. The van der Waals surface area contributed by atoms with Gasteiger partial charge >= 0.3 is 0 Å². The fourth-order valence-corrected chi connectivity index (χ4v) is 3.80. The molecule has 128 valence electrons. The highest BCUT2D eigenvalue weighted by Crippen LogP contribution is 2.68. The minimum atomic E-state index is -2.79. The molecule has 1 N–H and O–H groups in total. The molecule has 2 aliphatic carbocycles. The summed E-state index contributed by atoms with van der Waals surface area (Å²) in [5, 5.41) is 10.8. The van der Waals surface area contributed by atoms with Crippen molar-refractivity contribution in [3.8, 4) is 11.3 Å². The van der Waals surface area contributed by atoms with Gasteiger partial charge in [-0.3, -0.25) is 4.79 Å². The summed E-state index contributed by atoms with van der Waals surface area (Å²) in [6.07, 6.45) is 2.27. The SMILES string of the molecule is Cc1ccc(NC(=O)[C@@H]2C3=CC(F)(F)C[C@@]32C)cc1-c1cccnn1. The van der Waals surface area contributed by atoms with Gasteiger partial charge in [-0.25, -0.2) is 8.78 Å². The van der Waals surface area contributed by atoms with Gasteiger partial charge in [-0.15, -0.1) is 0 Å². The number of amides is 1. The van der Waals surface area contributed by atoms with E-state index in [1.807, 2.05) is 25.1 Å². The van der Waals surface area contributed by atoms with Crippen molar-refractivity contribution in [1.82, 2.24) is 10.2 Å². The second-order valence-corrected chi connectivity index (χ2v) is 7.02. The van der Waals surface area contributed by atoms with Crippen molar-refractivity contribution in [3.05, 3.63) is 53.7 Å². The molecule has 1 fully saturated rings. The van der Waals surface area contributed by atoms with Gasteiger partial charge < -0.3 is 5.32 Å². The Morgan fingerprint density at radius 3 is 2.76 bits per heavy atom. The Bertz CT molecular complexity index is 895. The molecular weight excluding hydrogens is 324 g/mol. The average molecular weight is 341 g/mol. The Morgan fingerprint density at radius 1 is 1.32 bits per heavy atom. The predicted octanol–water partition coefficient (Wildman–Crippen LogP) is 3.99. The van der Waals surface area contributed by atoms with E-state index in [1.54, 1.807) is 25.3 Å². The van der Waals surface area contributed by atoms with Crippen LogP contribution in [0.15, 0.2) is 48.2 Å². The summed E-state index contributed by atoms with van der Waals surface area (Å²) in [6, 6.07) is 9.17. The first-order valence-corrected chi connectivity index (χ1v) is 8.11. The Hall–Kier alpha value is -2.63. The number of rotatable bonds is 3. The number of hydrogen-bond acceptors (Lipinski definition) is 3. The van der Waals surface area contributed by atoms with E-state index in [4.69, 9.17) is 0 Å². The zero-order valence-electron chi connectivity index (χ0n) is 13.9. The number of allylic oxidation sites excluding steroid dienone is 1. The predicted molar refractivity (Wildman–Crippen MR) is 90.1 cm³/mol. The second-order valence-electron chi connectivity index (χ2n) is 7.02. The molecule has 0 radical (unpaired) electrons. The van der Waals surface area contributed by atoms with Gasteiger partial charge in [0.05, 0.1) is 11.6 Å². The van der Waals surface area contributed by atoms with Crippen molar-refractivity contribution in [1.29, 1.82) is 0 Å². The van der Waals surface area contributed by atoms with Crippen LogP contribution in [0, 0.1) is 18.3 Å². The Morgan fingerprint density at radius 2 is 2.12 bits per heavy atom. The third-order valence-corrected chi connectivity index (χ3v) is 5.11. The number of aryl methyl sites for hydroxylation is 1. The molecule has 1 saturated carbocycles. The van der Waals surface area contributed by atoms with Gasteiger partial charge in [0.15, 0.2) is 0 Å². The number of nitrogens with one attached hydrogen (secondary N) is 1. The molecule has 1 aromatic heterocycles. The molecule has 0 bridgehead atoms. The van der Waals surface area contributed by atoms with Crippen LogP contribution in [0.25, 0.3) is 11.3 Å². The number of halogens is 2. The van der Waals surface area contributed by atoms with E-state index >= 15 is 0 Å². The molecule has 6 heteroatoms. The standard InChI is InChI=1S/C19H17F2N3O/c1-11-5-6-12(8-13(11)15-4-3-7-22-24-15)23-17(25)16-14-9-19(20,21)10-18(14,16)2/h3-9,16H,10H2,1-2H3,(H,23,25)/t16-,18-/m0/s1. The fraction of sp³-hybridized carbons (Fsp3) is 0.316. The maximum absolute atomic E-state index is 13.4. The lowest BCUT2D eigenvalue weighted by Crippen LogP contribution is -2.23. The normalized spacial score (nSPS) is 25.9. The first-order valence-electron chi connectivity index (χ1n) is 8.11. The first-order chi connectivity index (χ1) is 11.8. The molecule has 2 aromatic rings. The van der Waals surface area contributed by atoms with E-state index in [0.717, 1.165) is 17.2 Å². The molecule has 25 heavy (non-hydrogen) atoms. The molecule has 0 spiro atoms. The largest absolute Gasteiger partial charge is 0.326 e. The second kappa shape index (κ2) is 5.18. The minimum absolute atomic E-state index is 0.238. The minimum Gasteiger partial charge on any atom is -0.326 e. The first kappa shape index (κ1) is 15.9. The molecule has 1 aromatic carbocycles. The molecule has 1 heterocycles. The number of carbonyl (C=O) groups is 1. The molecule has 0 aliphatic heterocycles. The maximum atomic E-state index is 13.4.